The van der Waals surface area contributed by atoms with E-state index in [0.29, 0.717) is 17.7 Å². The Bertz CT molecular complexity index is 739. The van der Waals surface area contributed by atoms with E-state index >= 15 is 0 Å². The van der Waals surface area contributed by atoms with E-state index in [1.165, 1.54) is 18.7 Å². The number of thioether (sulfide) groups is 1. The number of carbonyl (C=O) groups excluding carboxylic acids is 4. The van der Waals surface area contributed by atoms with Crippen molar-refractivity contribution in [2.45, 2.75) is 52.3 Å². The molecule has 0 aliphatic carbocycles. The summed E-state index contributed by atoms with van der Waals surface area (Å²) in [6.07, 6.45) is 1.04. The molecule has 1 aromatic carbocycles. The number of imide groups is 1. The fraction of sp³-hybridized carbons (Fsp3) is 0.500. The van der Waals surface area contributed by atoms with Crippen molar-refractivity contribution in [1.29, 1.82) is 0 Å². The topological polar surface area (TPSA) is 114 Å². The van der Waals surface area contributed by atoms with Crippen molar-refractivity contribution < 1.29 is 23.9 Å². The molecular formula is C20H29N3O5S. The molecule has 0 heterocycles. The van der Waals surface area contributed by atoms with Gasteiger partial charge >= 0.3 is 12.0 Å². The lowest BCUT2D eigenvalue weighted by Gasteiger charge is -2.20. The van der Waals surface area contributed by atoms with Gasteiger partial charge in [-0.15, -0.1) is 0 Å². The van der Waals surface area contributed by atoms with Crippen molar-refractivity contribution >= 4 is 35.6 Å². The van der Waals surface area contributed by atoms with Gasteiger partial charge in [0, 0.05) is 11.6 Å². The summed E-state index contributed by atoms with van der Waals surface area (Å²) in [4.78, 5) is 48.7. The first-order chi connectivity index (χ1) is 13.6. The van der Waals surface area contributed by atoms with Crippen LogP contribution in [0.3, 0.4) is 0 Å². The molecule has 0 saturated heterocycles. The third-order valence-electron chi connectivity index (χ3n) is 3.80. The highest BCUT2D eigenvalue weighted by molar-refractivity contribution is 7.98. The molecule has 0 saturated carbocycles. The first-order valence-electron chi connectivity index (χ1n) is 9.32. The van der Waals surface area contributed by atoms with Crippen LogP contribution in [0.2, 0.25) is 0 Å². The van der Waals surface area contributed by atoms with Gasteiger partial charge in [-0.2, -0.15) is 11.8 Å². The van der Waals surface area contributed by atoms with Gasteiger partial charge in [-0.05, 0) is 58.3 Å². The van der Waals surface area contributed by atoms with Crippen molar-refractivity contribution in [3.8, 4) is 0 Å². The van der Waals surface area contributed by atoms with E-state index in [9.17, 15) is 19.2 Å². The Balaban J connectivity index is 2.73. The van der Waals surface area contributed by atoms with E-state index in [-0.39, 0.29) is 6.04 Å². The first kappa shape index (κ1) is 24.5. The summed E-state index contributed by atoms with van der Waals surface area (Å²) in [5.41, 5.74) is 1.36. The lowest BCUT2D eigenvalue weighted by atomic mass is 10.1. The first-order valence-corrected chi connectivity index (χ1v) is 10.7. The lowest BCUT2D eigenvalue weighted by molar-refractivity contribution is -0.156. The van der Waals surface area contributed by atoms with Crippen LogP contribution in [0.4, 0.5) is 4.79 Å². The quantitative estimate of drug-likeness (QED) is 0.524. The molecule has 0 radical (unpaired) electrons. The molecule has 1 rings (SSSR count). The minimum absolute atomic E-state index is 0.145. The largest absolute Gasteiger partial charge is 0.451 e. The molecule has 0 bridgehead atoms. The highest BCUT2D eigenvalue weighted by Crippen LogP contribution is 2.08. The number of benzene rings is 1. The van der Waals surface area contributed by atoms with Crippen LogP contribution in [0.1, 0.15) is 43.1 Å². The normalized spacial score (nSPS) is 12.6. The summed E-state index contributed by atoms with van der Waals surface area (Å²) in [6.45, 7) is 6.73. The Kier molecular flexibility index (Phi) is 10.2. The molecule has 3 N–H and O–H groups in total. The maximum Gasteiger partial charge on any atom is 0.329 e. The summed E-state index contributed by atoms with van der Waals surface area (Å²) in [5, 5.41) is 7.29. The van der Waals surface area contributed by atoms with Crippen LogP contribution in [-0.4, -0.2) is 54.0 Å². The Morgan fingerprint density at radius 3 is 2.38 bits per heavy atom. The predicted octanol–water partition coefficient (Wildman–Crippen LogP) is 2.01. The second kappa shape index (κ2) is 12.1. The summed E-state index contributed by atoms with van der Waals surface area (Å²) >= 11 is 1.52. The van der Waals surface area contributed by atoms with Gasteiger partial charge < -0.3 is 15.4 Å². The predicted molar refractivity (Wildman–Crippen MR) is 113 cm³/mol. The van der Waals surface area contributed by atoms with E-state index in [4.69, 9.17) is 4.74 Å². The highest BCUT2D eigenvalue weighted by atomic mass is 32.2. The van der Waals surface area contributed by atoms with Crippen molar-refractivity contribution in [1.82, 2.24) is 16.0 Å². The van der Waals surface area contributed by atoms with Gasteiger partial charge in [-0.1, -0.05) is 17.7 Å². The Hall–Kier alpha value is -2.55. The fourth-order valence-electron chi connectivity index (χ4n) is 2.33. The van der Waals surface area contributed by atoms with Crippen molar-refractivity contribution in [3.63, 3.8) is 0 Å². The molecule has 0 aliphatic heterocycles. The number of esters is 1. The second-order valence-corrected chi connectivity index (χ2v) is 7.86. The molecule has 9 heteroatoms. The van der Waals surface area contributed by atoms with Crippen LogP contribution in [0.25, 0.3) is 0 Å². The average molecular weight is 424 g/mol. The number of carbonyl (C=O) groups is 4. The molecule has 29 heavy (non-hydrogen) atoms. The van der Waals surface area contributed by atoms with Gasteiger partial charge in [0.25, 0.3) is 11.8 Å². The summed E-state index contributed by atoms with van der Waals surface area (Å²) in [6, 6.07) is 5.28. The van der Waals surface area contributed by atoms with Crippen LogP contribution in [-0.2, 0) is 14.3 Å². The third kappa shape index (κ3) is 8.99. The fourth-order valence-corrected chi connectivity index (χ4v) is 2.81. The van der Waals surface area contributed by atoms with Gasteiger partial charge in [-0.25, -0.2) is 9.59 Å². The molecule has 2 atom stereocenters. The Morgan fingerprint density at radius 1 is 1.10 bits per heavy atom. The summed E-state index contributed by atoms with van der Waals surface area (Å²) < 4.78 is 5.18. The van der Waals surface area contributed by atoms with Crippen LogP contribution in [0.5, 0.6) is 0 Å². The number of rotatable bonds is 9. The molecule has 0 fully saturated rings. The third-order valence-corrected chi connectivity index (χ3v) is 4.44. The monoisotopic (exact) mass is 423 g/mol. The molecule has 0 unspecified atom stereocenters. The van der Waals surface area contributed by atoms with Gasteiger partial charge in [-0.3, -0.25) is 14.9 Å². The number of hydrogen-bond donors (Lipinski definition) is 3. The van der Waals surface area contributed by atoms with Crippen molar-refractivity contribution in [3.05, 3.63) is 35.4 Å². The van der Waals surface area contributed by atoms with Gasteiger partial charge in [0.2, 0.25) is 0 Å². The summed E-state index contributed by atoms with van der Waals surface area (Å²) in [5.74, 6) is -1.26. The number of ether oxygens (including phenoxy) is 1. The smallest absolute Gasteiger partial charge is 0.329 e. The lowest BCUT2D eigenvalue weighted by Crippen LogP contribution is -2.48. The van der Waals surface area contributed by atoms with E-state index in [1.807, 2.05) is 19.2 Å². The van der Waals surface area contributed by atoms with Crippen molar-refractivity contribution in [2.24, 2.45) is 0 Å². The number of hydrogen-bond acceptors (Lipinski definition) is 6. The average Bonchev–Trinajstić information content (AvgIpc) is 2.63. The van der Waals surface area contributed by atoms with E-state index in [0.717, 1.165) is 5.56 Å². The number of aryl methyl sites for hydroxylation is 1. The number of amides is 4. The van der Waals surface area contributed by atoms with E-state index in [1.54, 1.807) is 32.0 Å². The molecule has 4 amide bonds. The Labute approximate surface area is 175 Å². The van der Waals surface area contributed by atoms with Gasteiger partial charge in [0.1, 0.15) is 6.04 Å². The maximum absolute atomic E-state index is 12.5. The molecule has 0 aliphatic rings. The molecule has 1 aromatic rings. The van der Waals surface area contributed by atoms with Crippen LogP contribution in [0.15, 0.2) is 24.3 Å². The number of urea groups is 1. The molecule has 160 valence electrons. The zero-order chi connectivity index (χ0) is 22.0. The zero-order valence-electron chi connectivity index (χ0n) is 17.4. The summed E-state index contributed by atoms with van der Waals surface area (Å²) in [7, 11) is 0. The maximum atomic E-state index is 12.5. The Morgan fingerprint density at radius 2 is 1.79 bits per heavy atom. The van der Waals surface area contributed by atoms with Crippen LogP contribution in [0, 0.1) is 6.92 Å². The molecule has 8 nitrogen and oxygen atoms in total. The van der Waals surface area contributed by atoms with Crippen LogP contribution >= 0.6 is 11.8 Å². The number of nitrogens with one attached hydrogen (secondary N) is 3. The van der Waals surface area contributed by atoms with Gasteiger partial charge in [0.15, 0.2) is 6.10 Å². The van der Waals surface area contributed by atoms with Gasteiger partial charge in [0.05, 0.1) is 0 Å². The van der Waals surface area contributed by atoms with E-state index in [2.05, 4.69) is 16.0 Å². The standard InChI is InChI=1S/C20H29N3O5S/c1-12(2)21-20(27)23-17(24)14(4)28-19(26)16(9-10-29-5)22-18(25)15-8-6-7-13(3)11-15/h6-8,11-12,14,16H,9-10H2,1-5H3,(H,22,25)(H2,21,23,24,27)/t14-,16-/m0/s1. The minimum Gasteiger partial charge on any atom is -0.451 e. The highest BCUT2D eigenvalue weighted by Gasteiger charge is 2.27. The zero-order valence-corrected chi connectivity index (χ0v) is 18.2. The minimum atomic E-state index is -1.19. The van der Waals surface area contributed by atoms with E-state index < -0.39 is 36.0 Å². The van der Waals surface area contributed by atoms with Crippen LogP contribution < -0.4 is 16.0 Å². The van der Waals surface area contributed by atoms with Crippen molar-refractivity contribution in [2.75, 3.05) is 12.0 Å². The molecular weight excluding hydrogens is 394 g/mol. The SMILES string of the molecule is CSCC[C@H](NC(=O)c1cccc(C)c1)C(=O)O[C@@H](C)C(=O)NC(=O)NC(C)C. The second-order valence-electron chi connectivity index (χ2n) is 6.87. The molecule has 0 spiro atoms. The molecule has 0 aromatic heterocycles.